The number of nitrogens with one attached hydrogen (secondary N) is 1. The van der Waals surface area contributed by atoms with Crippen LogP contribution < -0.4 is 10.6 Å². The minimum absolute atomic E-state index is 0.215. The molecule has 180 valence electrons. The molecule has 5 rings (SSSR count). The Hall–Kier alpha value is -2.92. The summed E-state index contributed by atoms with van der Waals surface area (Å²) in [6, 6.07) is 8.18. The van der Waals surface area contributed by atoms with Gasteiger partial charge in [0.25, 0.3) is 0 Å². The molecule has 9 nitrogen and oxygen atoms in total. The van der Waals surface area contributed by atoms with E-state index in [1.54, 1.807) is 18.3 Å². The van der Waals surface area contributed by atoms with Crippen LogP contribution in [0.15, 0.2) is 36.5 Å². The van der Waals surface area contributed by atoms with Crippen LogP contribution in [0.3, 0.4) is 0 Å². The van der Waals surface area contributed by atoms with Crippen molar-refractivity contribution in [1.82, 2.24) is 24.8 Å². The van der Waals surface area contributed by atoms with Crippen molar-refractivity contribution in [2.24, 2.45) is 11.7 Å². The summed E-state index contributed by atoms with van der Waals surface area (Å²) < 4.78 is 25.2. The van der Waals surface area contributed by atoms with Gasteiger partial charge in [-0.2, -0.15) is 0 Å². The van der Waals surface area contributed by atoms with Gasteiger partial charge >= 0.3 is 0 Å². The van der Waals surface area contributed by atoms with E-state index in [2.05, 4.69) is 26.8 Å². The molecule has 0 aliphatic carbocycles. The van der Waals surface area contributed by atoms with E-state index >= 15 is 0 Å². The lowest BCUT2D eigenvalue weighted by molar-refractivity contribution is -0.197. The van der Waals surface area contributed by atoms with E-state index < -0.39 is 6.29 Å². The summed E-state index contributed by atoms with van der Waals surface area (Å²) in [5.41, 5.74) is 8.71. The maximum absolute atomic E-state index is 13.6. The Balaban J connectivity index is 1.44. The highest BCUT2D eigenvalue weighted by molar-refractivity contribution is 5.77. The molecule has 0 bridgehead atoms. The predicted molar refractivity (Wildman–Crippen MR) is 127 cm³/mol. The molecule has 0 unspecified atom stereocenters. The zero-order valence-corrected chi connectivity index (χ0v) is 19.3. The molecule has 3 N–H and O–H groups in total. The average molecular weight is 468 g/mol. The summed E-state index contributed by atoms with van der Waals surface area (Å²) in [6.07, 6.45) is 1.84. The van der Waals surface area contributed by atoms with Crippen molar-refractivity contribution in [2.75, 3.05) is 57.9 Å². The highest BCUT2D eigenvalue weighted by Crippen LogP contribution is 2.31. The first-order chi connectivity index (χ1) is 16.6. The smallest absolute Gasteiger partial charge is 0.225 e. The third-order valence-electron chi connectivity index (χ3n) is 6.28. The topological polar surface area (TPSA) is 105 Å². The van der Waals surface area contributed by atoms with Gasteiger partial charge in [-0.15, -0.1) is 0 Å². The number of rotatable bonds is 6. The number of hydrogen-bond acceptors (Lipinski definition) is 8. The summed E-state index contributed by atoms with van der Waals surface area (Å²) >= 11 is 0. The summed E-state index contributed by atoms with van der Waals surface area (Å²) in [6.45, 7) is 5.36. The second-order valence-corrected chi connectivity index (χ2v) is 8.85. The van der Waals surface area contributed by atoms with Crippen LogP contribution in [-0.2, 0) is 15.9 Å². The number of likely N-dealkylation sites (N-methyl/N-ethyl adjacent to an activating group) is 1. The van der Waals surface area contributed by atoms with Crippen molar-refractivity contribution >= 4 is 5.95 Å². The van der Waals surface area contributed by atoms with Gasteiger partial charge in [-0.25, -0.2) is 19.3 Å². The largest absolute Gasteiger partial charge is 0.352 e. The zero-order chi connectivity index (χ0) is 23.5. The van der Waals surface area contributed by atoms with Gasteiger partial charge in [0.1, 0.15) is 11.6 Å². The van der Waals surface area contributed by atoms with Crippen LogP contribution in [0, 0.1) is 11.7 Å². The van der Waals surface area contributed by atoms with Crippen molar-refractivity contribution in [2.45, 2.75) is 12.7 Å². The second-order valence-electron chi connectivity index (χ2n) is 8.85. The number of H-pyrrole nitrogens is 1. The number of aromatic nitrogens is 4. The predicted octanol–water partition coefficient (Wildman–Crippen LogP) is 1.91. The minimum atomic E-state index is -0.394. The first kappa shape index (κ1) is 22.9. The summed E-state index contributed by atoms with van der Waals surface area (Å²) in [7, 11) is 2.12. The number of nitrogens with two attached hydrogens (primary N) is 1. The van der Waals surface area contributed by atoms with Crippen LogP contribution in [0.2, 0.25) is 0 Å². The molecule has 0 saturated carbocycles. The first-order valence-electron chi connectivity index (χ1n) is 11.6. The Labute approximate surface area is 198 Å². The van der Waals surface area contributed by atoms with Crippen LogP contribution in [0.5, 0.6) is 0 Å². The quantitative estimate of drug-likeness (QED) is 0.567. The van der Waals surface area contributed by atoms with E-state index in [4.69, 9.17) is 25.2 Å². The van der Waals surface area contributed by atoms with Crippen LogP contribution in [-0.4, -0.2) is 84.1 Å². The fraction of sp³-hybridized carbons (Fsp3) is 0.458. The molecule has 34 heavy (non-hydrogen) atoms. The lowest BCUT2D eigenvalue weighted by Crippen LogP contribution is -2.45. The van der Waals surface area contributed by atoms with E-state index in [0.29, 0.717) is 43.6 Å². The molecule has 0 radical (unpaired) electrons. The fourth-order valence-corrected chi connectivity index (χ4v) is 4.16. The Morgan fingerprint density at radius 2 is 1.79 bits per heavy atom. The van der Waals surface area contributed by atoms with Crippen molar-refractivity contribution in [3.05, 3.63) is 48.2 Å². The van der Waals surface area contributed by atoms with Crippen molar-refractivity contribution in [3.63, 3.8) is 0 Å². The zero-order valence-electron chi connectivity index (χ0n) is 19.3. The number of anilines is 1. The normalized spacial score (nSPS) is 21.7. The van der Waals surface area contributed by atoms with Gasteiger partial charge in [-0.3, -0.25) is 0 Å². The second kappa shape index (κ2) is 10.1. The molecule has 2 aliphatic heterocycles. The van der Waals surface area contributed by atoms with Crippen molar-refractivity contribution in [3.8, 4) is 22.6 Å². The molecule has 2 aliphatic rings. The lowest BCUT2D eigenvalue weighted by Gasteiger charge is -2.32. The minimum Gasteiger partial charge on any atom is -0.352 e. The van der Waals surface area contributed by atoms with E-state index in [-0.39, 0.29) is 11.7 Å². The number of benzene rings is 1. The summed E-state index contributed by atoms with van der Waals surface area (Å²) in [4.78, 5) is 22.1. The molecule has 3 aromatic rings. The maximum Gasteiger partial charge on any atom is 0.225 e. The lowest BCUT2D eigenvalue weighted by atomic mass is 10.1. The molecule has 2 fully saturated rings. The molecule has 0 amide bonds. The van der Waals surface area contributed by atoms with Crippen LogP contribution in [0.1, 0.15) is 5.82 Å². The van der Waals surface area contributed by atoms with Gasteiger partial charge in [0, 0.05) is 43.9 Å². The van der Waals surface area contributed by atoms with Crippen molar-refractivity contribution < 1.29 is 13.9 Å². The molecular formula is C24H30FN7O2. The number of halogens is 1. The van der Waals surface area contributed by atoms with Crippen LogP contribution in [0.4, 0.5) is 10.3 Å². The average Bonchev–Trinajstić information content (AvgIpc) is 3.29. The molecule has 0 spiro atoms. The maximum atomic E-state index is 13.6. The van der Waals surface area contributed by atoms with Crippen LogP contribution >= 0.6 is 0 Å². The molecule has 10 heteroatoms. The van der Waals surface area contributed by atoms with Gasteiger partial charge in [0.05, 0.1) is 36.7 Å². The van der Waals surface area contributed by atoms with Gasteiger partial charge < -0.3 is 30.0 Å². The van der Waals surface area contributed by atoms with Gasteiger partial charge in [0.2, 0.25) is 5.95 Å². The highest BCUT2D eigenvalue weighted by atomic mass is 19.1. The Bertz CT molecular complexity index is 1090. The molecule has 0 atom stereocenters. The standard InChI is InChI=1S/C24H30FN7O2/c1-31-8-10-32(11-9-31)24-27-7-6-19(28-24)23-22(17-2-4-18(25)5-3-17)29-20(30-23)12-21-33-14-16(13-26)15-34-21/h2-7,16,21H,8-15,26H2,1H3,(H,29,30). The molecule has 2 aromatic heterocycles. The number of nitrogens with zero attached hydrogens (tertiary/aromatic N) is 5. The van der Waals surface area contributed by atoms with E-state index in [9.17, 15) is 4.39 Å². The van der Waals surface area contributed by atoms with Crippen molar-refractivity contribution in [1.29, 1.82) is 0 Å². The third kappa shape index (κ3) is 5.10. The fourth-order valence-electron chi connectivity index (χ4n) is 4.16. The van der Waals surface area contributed by atoms with E-state index in [1.807, 2.05) is 6.07 Å². The highest BCUT2D eigenvalue weighted by Gasteiger charge is 2.25. The Kier molecular flexibility index (Phi) is 6.82. The first-order valence-corrected chi connectivity index (χ1v) is 11.6. The molecule has 1 aromatic carbocycles. The molecular weight excluding hydrogens is 437 g/mol. The Morgan fingerprint density at radius 1 is 1.06 bits per heavy atom. The van der Waals surface area contributed by atoms with Crippen LogP contribution in [0.25, 0.3) is 22.6 Å². The molecule has 4 heterocycles. The van der Waals surface area contributed by atoms with Gasteiger partial charge in [0.15, 0.2) is 6.29 Å². The van der Waals surface area contributed by atoms with E-state index in [0.717, 1.165) is 43.1 Å². The number of imidazole rings is 1. The number of aromatic amines is 1. The van der Waals surface area contributed by atoms with Gasteiger partial charge in [-0.1, -0.05) is 0 Å². The van der Waals surface area contributed by atoms with Gasteiger partial charge in [-0.05, 0) is 43.9 Å². The van der Waals surface area contributed by atoms with E-state index in [1.165, 1.54) is 12.1 Å². The molecule has 2 saturated heterocycles. The Morgan fingerprint density at radius 3 is 2.50 bits per heavy atom. The third-order valence-corrected chi connectivity index (χ3v) is 6.28. The number of hydrogen-bond donors (Lipinski definition) is 2. The summed E-state index contributed by atoms with van der Waals surface area (Å²) in [5, 5.41) is 0. The number of piperazine rings is 1. The monoisotopic (exact) mass is 467 g/mol. The SMILES string of the molecule is CN1CCN(c2nccc(-c3[nH]c(CC4OCC(CN)CO4)nc3-c3ccc(F)cc3)n2)CC1. The summed E-state index contributed by atoms with van der Waals surface area (Å²) in [5.74, 6) is 1.33. The number of ether oxygens (including phenoxy) is 2.